The summed E-state index contributed by atoms with van der Waals surface area (Å²) in [6.45, 7) is 3.41. The van der Waals surface area contributed by atoms with Crippen molar-refractivity contribution in [2.45, 2.75) is 19.9 Å². The van der Waals surface area contributed by atoms with Gasteiger partial charge in [0.2, 0.25) is 0 Å². The zero-order valence-electron chi connectivity index (χ0n) is 13.2. The maximum absolute atomic E-state index is 12.6. The number of aryl methyl sites for hydroxylation is 2. The van der Waals surface area contributed by atoms with Gasteiger partial charge in [0.25, 0.3) is 5.91 Å². The van der Waals surface area contributed by atoms with Gasteiger partial charge in [-0.3, -0.25) is 14.9 Å². The minimum atomic E-state index is -1.20. The summed E-state index contributed by atoms with van der Waals surface area (Å²) in [7, 11) is 0. The van der Waals surface area contributed by atoms with Gasteiger partial charge in [-0.25, -0.2) is 4.79 Å². The molecule has 1 unspecified atom stereocenters. The molecule has 7 heteroatoms. The Kier molecular flexibility index (Phi) is 3.99. The van der Waals surface area contributed by atoms with Gasteiger partial charge >= 0.3 is 5.97 Å². The Labute approximate surface area is 137 Å². The average Bonchev–Trinajstić information content (AvgIpc) is 2.90. The van der Waals surface area contributed by atoms with Crippen LogP contribution in [-0.4, -0.2) is 32.2 Å². The molecule has 0 aliphatic heterocycles. The summed E-state index contributed by atoms with van der Waals surface area (Å²) in [5.74, 6) is -1.70. The third kappa shape index (κ3) is 2.71. The van der Waals surface area contributed by atoms with Crippen molar-refractivity contribution in [1.29, 1.82) is 0 Å². The van der Waals surface area contributed by atoms with Gasteiger partial charge in [0.05, 0.1) is 5.69 Å². The Balaban J connectivity index is 1.99. The number of rotatable bonds is 4. The number of hydrogen-bond donors (Lipinski definition) is 3. The van der Waals surface area contributed by atoms with Gasteiger partial charge in [-0.05, 0) is 25.3 Å². The Bertz CT molecular complexity index is 908. The number of H-pyrrole nitrogens is 1. The van der Waals surface area contributed by atoms with Gasteiger partial charge in [-0.1, -0.05) is 24.3 Å². The highest BCUT2D eigenvalue weighted by atomic mass is 16.4. The number of nitrogens with zero attached hydrogens (tertiary/aromatic N) is 2. The molecule has 3 N–H and O–H groups in total. The number of carbonyl (C=O) groups excluding carboxylic acids is 1. The van der Waals surface area contributed by atoms with Crippen molar-refractivity contribution in [1.82, 2.24) is 20.5 Å². The molecule has 0 saturated heterocycles. The first kappa shape index (κ1) is 15.7. The third-order valence-electron chi connectivity index (χ3n) is 3.88. The van der Waals surface area contributed by atoms with Crippen LogP contribution in [0.3, 0.4) is 0 Å². The number of carbonyl (C=O) groups is 2. The van der Waals surface area contributed by atoms with Crippen LogP contribution in [0.25, 0.3) is 10.8 Å². The fourth-order valence-corrected chi connectivity index (χ4v) is 2.74. The standard InChI is InChI=1S/C17H16N4O3/c1-9-13(10(2)21-20-9)15(17(23)24)19-16(22)14-12-6-4-3-5-11(12)7-8-18-14/h3-8,15H,1-2H3,(H,19,22)(H,20,21)(H,23,24). The zero-order valence-corrected chi connectivity index (χ0v) is 13.2. The number of hydrogen-bond acceptors (Lipinski definition) is 4. The number of carboxylic acids is 1. The van der Waals surface area contributed by atoms with E-state index in [0.29, 0.717) is 22.3 Å². The van der Waals surface area contributed by atoms with Crippen LogP contribution in [0.2, 0.25) is 0 Å². The summed E-state index contributed by atoms with van der Waals surface area (Å²) in [5, 5.41) is 20.3. The Hall–Kier alpha value is -3.22. The molecule has 1 amide bonds. The largest absolute Gasteiger partial charge is 0.479 e. The van der Waals surface area contributed by atoms with Crippen LogP contribution >= 0.6 is 0 Å². The van der Waals surface area contributed by atoms with Crippen molar-refractivity contribution >= 4 is 22.6 Å². The minimum Gasteiger partial charge on any atom is -0.479 e. The molecule has 0 aliphatic carbocycles. The molecule has 7 nitrogen and oxygen atoms in total. The number of amides is 1. The zero-order chi connectivity index (χ0) is 17.3. The fourth-order valence-electron chi connectivity index (χ4n) is 2.74. The van der Waals surface area contributed by atoms with Gasteiger partial charge in [0, 0.05) is 22.8 Å². The van der Waals surface area contributed by atoms with Crippen molar-refractivity contribution < 1.29 is 14.7 Å². The summed E-state index contributed by atoms with van der Waals surface area (Å²) in [6.07, 6.45) is 1.53. The SMILES string of the molecule is Cc1n[nH]c(C)c1C(NC(=O)c1nccc2ccccc12)C(=O)O. The first-order valence-corrected chi connectivity index (χ1v) is 7.38. The summed E-state index contributed by atoms with van der Waals surface area (Å²) < 4.78 is 0. The topological polar surface area (TPSA) is 108 Å². The van der Waals surface area contributed by atoms with Crippen LogP contribution in [0.5, 0.6) is 0 Å². The van der Waals surface area contributed by atoms with Crippen molar-refractivity contribution in [2.24, 2.45) is 0 Å². The number of nitrogens with one attached hydrogen (secondary N) is 2. The van der Waals surface area contributed by atoms with Crippen molar-refractivity contribution in [3.63, 3.8) is 0 Å². The molecule has 0 radical (unpaired) electrons. The summed E-state index contributed by atoms with van der Waals surface area (Å²) >= 11 is 0. The van der Waals surface area contributed by atoms with Crippen LogP contribution in [0, 0.1) is 13.8 Å². The quantitative estimate of drug-likeness (QED) is 0.681. The first-order valence-electron chi connectivity index (χ1n) is 7.38. The van der Waals surface area contributed by atoms with E-state index in [1.807, 2.05) is 12.1 Å². The molecule has 1 aromatic carbocycles. The second kappa shape index (κ2) is 6.11. The molecule has 2 aromatic heterocycles. The van der Waals surface area contributed by atoms with E-state index in [0.717, 1.165) is 5.39 Å². The summed E-state index contributed by atoms with van der Waals surface area (Å²) in [4.78, 5) is 28.4. The van der Waals surface area contributed by atoms with Crippen LogP contribution in [0.4, 0.5) is 0 Å². The van der Waals surface area contributed by atoms with Crippen molar-refractivity contribution in [3.05, 3.63) is 59.2 Å². The van der Waals surface area contributed by atoms with E-state index >= 15 is 0 Å². The highest BCUT2D eigenvalue weighted by molar-refractivity contribution is 6.06. The van der Waals surface area contributed by atoms with Gasteiger partial charge in [0.15, 0.2) is 6.04 Å². The lowest BCUT2D eigenvalue weighted by Gasteiger charge is -2.15. The average molecular weight is 324 g/mol. The van der Waals surface area contributed by atoms with Crippen molar-refractivity contribution in [2.75, 3.05) is 0 Å². The van der Waals surface area contributed by atoms with Gasteiger partial charge in [-0.2, -0.15) is 5.10 Å². The molecule has 0 aliphatic rings. The number of aromatic nitrogens is 3. The lowest BCUT2D eigenvalue weighted by atomic mass is 10.0. The van der Waals surface area contributed by atoms with Crippen LogP contribution in [-0.2, 0) is 4.79 Å². The van der Waals surface area contributed by atoms with Gasteiger partial charge in [-0.15, -0.1) is 0 Å². The van der Waals surface area contributed by atoms with Crippen LogP contribution < -0.4 is 5.32 Å². The van der Waals surface area contributed by atoms with Crippen LogP contribution in [0.15, 0.2) is 36.5 Å². The smallest absolute Gasteiger partial charge is 0.331 e. The Morgan fingerprint density at radius 2 is 1.96 bits per heavy atom. The van der Waals surface area contributed by atoms with Gasteiger partial charge in [0.1, 0.15) is 5.69 Å². The Morgan fingerprint density at radius 1 is 1.21 bits per heavy atom. The normalized spacial score (nSPS) is 12.1. The fraction of sp³-hybridized carbons (Fsp3) is 0.176. The van der Waals surface area contributed by atoms with E-state index in [1.54, 1.807) is 32.0 Å². The molecule has 0 spiro atoms. The highest BCUT2D eigenvalue weighted by Crippen LogP contribution is 2.22. The predicted octanol–water partition coefficient (Wildman–Crippen LogP) is 2.13. The van der Waals surface area contributed by atoms with E-state index < -0.39 is 17.9 Å². The van der Waals surface area contributed by atoms with Crippen molar-refractivity contribution in [3.8, 4) is 0 Å². The first-order chi connectivity index (χ1) is 11.5. The molecule has 24 heavy (non-hydrogen) atoms. The monoisotopic (exact) mass is 324 g/mol. The molecule has 0 saturated carbocycles. The van der Waals surface area contributed by atoms with E-state index in [2.05, 4.69) is 20.5 Å². The lowest BCUT2D eigenvalue weighted by molar-refractivity contribution is -0.139. The second-order valence-electron chi connectivity index (χ2n) is 5.47. The molecule has 0 fully saturated rings. The van der Waals surface area contributed by atoms with Crippen LogP contribution in [0.1, 0.15) is 33.5 Å². The number of benzene rings is 1. The molecule has 2 heterocycles. The number of carboxylic acid groups (broad SMARTS) is 1. The number of aromatic amines is 1. The highest BCUT2D eigenvalue weighted by Gasteiger charge is 2.28. The van der Waals surface area contributed by atoms with E-state index in [-0.39, 0.29) is 5.69 Å². The lowest BCUT2D eigenvalue weighted by Crippen LogP contribution is -2.35. The third-order valence-corrected chi connectivity index (χ3v) is 3.88. The molecule has 3 rings (SSSR count). The molecule has 122 valence electrons. The molecular formula is C17H16N4O3. The van der Waals surface area contributed by atoms with E-state index in [9.17, 15) is 14.7 Å². The Morgan fingerprint density at radius 3 is 2.62 bits per heavy atom. The maximum atomic E-state index is 12.6. The summed E-state index contributed by atoms with van der Waals surface area (Å²) in [5.41, 5.74) is 1.78. The van der Waals surface area contributed by atoms with Gasteiger partial charge < -0.3 is 10.4 Å². The molecule has 1 atom stereocenters. The molecule has 3 aromatic rings. The minimum absolute atomic E-state index is 0.193. The molecular weight excluding hydrogens is 308 g/mol. The number of fused-ring (bicyclic) bond motifs is 1. The number of aliphatic carboxylic acids is 1. The second-order valence-corrected chi connectivity index (χ2v) is 5.47. The predicted molar refractivity (Wildman–Crippen MR) is 87.6 cm³/mol. The molecule has 0 bridgehead atoms. The maximum Gasteiger partial charge on any atom is 0.331 e. The van der Waals surface area contributed by atoms with E-state index in [1.165, 1.54) is 6.20 Å². The summed E-state index contributed by atoms with van der Waals surface area (Å²) in [6, 6.07) is 7.92. The number of pyridine rings is 1. The van der Waals surface area contributed by atoms with E-state index in [4.69, 9.17) is 0 Å².